The van der Waals surface area contributed by atoms with Crippen LogP contribution in [0.25, 0.3) is 6.08 Å². The number of amides is 1. The second-order valence-corrected chi connectivity index (χ2v) is 7.74. The van der Waals surface area contributed by atoms with E-state index in [1.54, 1.807) is 68.7 Å². The lowest BCUT2D eigenvalue weighted by molar-refractivity contribution is -0.158. The topological polar surface area (TPSA) is 92.8 Å². The van der Waals surface area contributed by atoms with Crippen LogP contribution in [0.4, 0.5) is 0 Å². The third kappa shape index (κ3) is 6.64. The van der Waals surface area contributed by atoms with Crippen molar-refractivity contribution in [3.8, 4) is 0 Å². The molecule has 28 heavy (non-hydrogen) atoms. The number of likely N-dealkylation sites (N-methyl/N-ethyl adjacent to an activating group) is 1. The third-order valence-electron chi connectivity index (χ3n) is 3.67. The van der Waals surface area contributed by atoms with Crippen LogP contribution in [0.1, 0.15) is 17.2 Å². The van der Waals surface area contributed by atoms with Crippen molar-refractivity contribution < 1.29 is 22.7 Å². The van der Waals surface area contributed by atoms with Gasteiger partial charge in [-0.05, 0) is 11.6 Å². The third-order valence-corrected chi connectivity index (χ3v) is 4.71. The molecule has 0 aromatic heterocycles. The van der Waals surface area contributed by atoms with Gasteiger partial charge in [0.1, 0.15) is 6.54 Å². The standard InChI is InChI=1S/C20H22N2O5S/c1-22(2)20(24)19(17-11-7-4-8-12-17)27-18(23)15-21-28(25,26)14-13-16-9-5-3-6-10-16/h3-14,19,21H,15H2,1-2H3/b14-13+/t19-/m0/s1. The zero-order valence-electron chi connectivity index (χ0n) is 15.6. The van der Waals surface area contributed by atoms with Crippen molar-refractivity contribution in [3.63, 3.8) is 0 Å². The van der Waals surface area contributed by atoms with E-state index in [2.05, 4.69) is 4.72 Å². The minimum atomic E-state index is -3.84. The van der Waals surface area contributed by atoms with Crippen LogP contribution < -0.4 is 4.72 Å². The lowest BCUT2D eigenvalue weighted by Gasteiger charge is -2.21. The highest BCUT2D eigenvalue weighted by Crippen LogP contribution is 2.19. The Morgan fingerprint density at radius 3 is 2.18 bits per heavy atom. The summed E-state index contributed by atoms with van der Waals surface area (Å²) in [4.78, 5) is 25.8. The van der Waals surface area contributed by atoms with Gasteiger partial charge < -0.3 is 9.64 Å². The average molecular weight is 402 g/mol. The van der Waals surface area contributed by atoms with Gasteiger partial charge >= 0.3 is 5.97 Å². The molecule has 2 rings (SSSR count). The monoisotopic (exact) mass is 402 g/mol. The molecule has 1 atom stereocenters. The van der Waals surface area contributed by atoms with Crippen molar-refractivity contribution in [2.75, 3.05) is 20.6 Å². The Balaban J connectivity index is 2.00. The number of sulfonamides is 1. The second kappa shape index (κ2) is 9.82. The van der Waals surface area contributed by atoms with Crippen molar-refractivity contribution in [1.82, 2.24) is 9.62 Å². The highest BCUT2D eigenvalue weighted by atomic mass is 32.2. The predicted molar refractivity (Wildman–Crippen MR) is 106 cm³/mol. The van der Waals surface area contributed by atoms with E-state index in [0.717, 1.165) is 5.41 Å². The molecule has 0 saturated carbocycles. The van der Waals surface area contributed by atoms with Crippen LogP contribution in [-0.4, -0.2) is 45.8 Å². The normalized spacial score (nSPS) is 12.5. The highest BCUT2D eigenvalue weighted by molar-refractivity contribution is 7.92. The molecule has 1 amide bonds. The largest absolute Gasteiger partial charge is 0.446 e. The number of hydrogen-bond acceptors (Lipinski definition) is 5. The zero-order valence-corrected chi connectivity index (χ0v) is 16.4. The summed E-state index contributed by atoms with van der Waals surface area (Å²) in [6.07, 6.45) is 0.267. The van der Waals surface area contributed by atoms with Gasteiger partial charge in [-0.15, -0.1) is 0 Å². The SMILES string of the molecule is CN(C)C(=O)[C@@H](OC(=O)CNS(=O)(=O)/C=C/c1ccccc1)c1ccccc1. The first-order chi connectivity index (χ1) is 13.3. The van der Waals surface area contributed by atoms with Gasteiger partial charge in [0.15, 0.2) is 0 Å². The number of carbonyl (C=O) groups excluding carboxylic acids is 2. The van der Waals surface area contributed by atoms with Crippen molar-refractivity contribution in [2.45, 2.75) is 6.10 Å². The molecule has 0 aliphatic carbocycles. The summed E-state index contributed by atoms with van der Waals surface area (Å²) >= 11 is 0. The molecular formula is C20H22N2O5S. The molecule has 1 N–H and O–H groups in total. The molecule has 0 bridgehead atoms. The first-order valence-corrected chi connectivity index (χ1v) is 10.0. The van der Waals surface area contributed by atoms with Gasteiger partial charge in [0.2, 0.25) is 16.1 Å². The van der Waals surface area contributed by atoms with Crippen LogP contribution in [0.2, 0.25) is 0 Å². The number of rotatable bonds is 8. The van der Waals surface area contributed by atoms with Crippen LogP contribution in [0.5, 0.6) is 0 Å². The Kier molecular flexibility index (Phi) is 7.48. The number of hydrogen-bond donors (Lipinski definition) is 1. The van der Waals surface area contributed by atoms with E-state index in [4.69, 9.17) is 4.74 Å². The number of ether oxygens (including phenoxy) is 1. The minimum Gasteiger partial charge on any atom is -0.446 e. The highest BCUT2D eigenvalue weighted by Gasteiger charge is 2.26. The second-order valence-electron chi connectivity index (χ2n) is 6.09. The van der Waals surface area contributed by atoms with Crippen molar-refractivity contribution in [3.05, 3.63) is 77.2 Å². The van der Waals surface area contributed by atoms with Crippen LogP contribution >= 0.6 is 0 Å². The number of nitrogens with zero attached hydrogens (tertiary/aromatic N) is 1. The van der Waals surface area contributed by atoms with E-state index < -0.39 is 34.5 Å². The van der Waals surface area contributed by atoms with Gasteiger partial charge in [0.05, 0.1) is 0 Å². The van der Waals surface area contributed by atoms with Gasteiger partial charge in [-0.2, -0.15) is 0 Å². The van der Waals surface area contributed by atoms with Crippen LogP contribution in [0, 0.1) is 0 Å². The molecular weight excluding hydrogens is 380 g/mol. The molecule has 0 aliphatic rings. The molecule has 0 fully saturated rings. The molecule has 0 spiro atoms. The average Bonchev–Trinajstić information content (AvgIpc) is 2.70. The van der Waals surface area contributed by atoms with E-state index in [9.17, 15) is 18.0 Å². The number of nitrogens with one attached hydrogen (secondary N) is 1. The first-order valence-electron chi connectivity index (χ1n) is 8.47. The molecule has 7 nitrogen and oxygen atoms in total. The summed E-state index contributed by atoms with van der Waals surface area (Å²) in [5.41, 5.74) is 1.21. The molecule has 0 unspecified atom stereocenters. The quantitative estimate of drug-likeness (QED) is 0.682. The van der Waals surface area contributed by atoms with Crippen LogP contribution in [0.3, 0.4) is 0 Å². The van der Waals surface area contributed by atoms with Crippen LogP contribution in [-0.2, 0) is 24.3 Å². The molecule has 0 heterocycles. The maximum absolute atomic E-state index is 12.3. The summed E-state index contributed by atoms with van der Waals surface area (Å²) in [5.74, 6) is -1.29. The fourth-order valence-corrected chi connectivity index (χ4v) is 2.99. The van der Waals surface area contributed by atoms with E-state index >= 15 is 0 Å². The lowest BCUT2D eigenvalue weighted by Crippen LogP contribution is -2.35. The van der Waals surface area contributed by atoms with E-state index in [-0.39, 0.29) is 0 Å². The Morgan fingerprint density at radius 1 is 1.04 bits per heavy atom. The maximum Gasteiger partial charge on any atom is 0.322 e. The summed E-state index contributed by atoms with van der Waals surface area (Å²) < 4.78 is 31.4. The number of benzene rings is 2. The fourth-order valence-electron chi connectivity index (χ4n) is 2.24. The van der Waals surface area contributed by atoms with Crippen molar-refractivity contribution in [1.29, 1.82) is 0 Å². The molecule has 0 aliphatic heterocycles. The summed E-state index contributed by atoms with van der Waals surface area (Å²) in [5, 5.41) is 0.968. The molecule has 2 aromatic carbocycles. The summed E-state index contributed by atoms with van der Waals surface area (Å²) in [6, 6.07) is 17.4. The predicted octanol–water partition coefficient (Wildman–Crippen LogP) is 1.95. The summed E-state index contributed by atoms with van der Waals surface area (Å²) in [7, 11) is -0.749. The molecule has 8 heteroatoms. The van der Waals surface area contributed by atoms with Gasteiger partial charge in [0.25, 0.3) is 5.91 Å². The number of carbonyl (C=O) groups is 2. The van der Waals surface area contributed by atoms with E-state index in [0.29, 0.717) is 11.1 Å². The van der Waals surface area contributed by atoms with Crippen molar-refractivity contribution in [2.24, 2.45) is 0 Å². The lowest BCUT2D eigenvalue weighted by atomic mass is 10.1. The summed E-state index contributed by atoms with van der Waals surface area (Å²) in [6.45, 7) is -0.592. The van der Waals surface area contributed by atoms with E-state index in [1.807, 2.05) is 6.07 Å². The fraction of sp³-hybridized carbons (Fsp3) is 0.200. The molecule has 2 aromatic rings. The number of esters is 1. The van der Waals surface area contributed by atoms with Gasteiger partial charge in [0, 0.05) is 25.1 Å². The Labute approximate surface area is 164 Å². The Hall–Kier alpha value is -2.97. The molecule has 148 valence electrons. The zero-order chi connectivity index (χ0) is 20.6. The van der Waals surface area contributed by atoms with Crippen molar-refractivity contribution >= 4 is 28.0 Å². The first kappa shape index (κ1) is 21.3. The smallest absolute Gasteiger partial charge is 0.322 e. The van der Waals surface area contributed by atoms with Gasteiger partial charge in [-0.1, -0.05) is 60.7 Å². The van der Waals surface area contributed by atoms with E-state index in [1.165, 1.54) is 11.0 Å². The Morgan fingerprint density at radius 2 is 1.61 bits per heavy atom. The van der Waals surface area contributed by atoms with Gasteiger partial charge in [-0.25, -0.2) is 13.1 Å². The Bertz CT molecular complexity index is 926. The molecule has 0 radical (unpaired) electrons. The molecule has 0 saturated heterocycles. The minimum absolute atomic E-state index is 0.425. The van der Waals surface area contributed by atoms with Gasteiger partial charge in [-0.3, -0.25) is 9.59 Å². The maximum atomic E-state index is 12.3. The van der Waals surface area contributed by atoms with Crippen LogP contribution in [0.15, 0.2) is 66.1 Å².